The number of amides is 1. The van der Waals surface area contributed by atoms with Crippen LogP contribution in [0.1, 0.15) is 37.8 Å². The predicted molar refractivity (Wildman–Crippen MR) is 103 cm³/mol. The molecule has 0 saturated carbocycles. The van der Waals surface area contributed by atoms with Crippen molar-refractivity contribution in [2.75, 3.05) is 5.32 Å². The number of ether oxygens (including phenoxy) is 1. The second kappa shape index (κ2) is 7.99. The summed E-state index contributed by atoms with van der Waals surface area (Å²) >= 11 is 0. The molecule has 0 spiro atoms. The number of hydrogen-bond donors (Lipinski definition) is 1. The van der Waals surface area contributed by atoms with Crippen molar-refractivity contribution in [3.63, 3.8) is 0 Å². The van der Waals surface area contributed by atoms with Crippen LogP contribution in [-0.2, 0) is 4.79 Å². The Morgan fingerprint density at radius 3 is 2.48 bits per heavy atom. The monoisotopic (exact) mass is 365 g/mol. The van der Waals surface area contributed by atoms with Crippen LogP contribution in [0.5, 0.6) is 5.75 Å². The smallest absolute Gasteiger partial charge is 0.265 e. The molecule has 1 aromatic heterocycles. The fourth-order valence-corrected chi connectivity index (χ4v) is 2.69. The Bertz CT molecular complexity index is 905. The summed E-state index contributed by atoms with van der Waals surface area (Å²) in [5.41, 5.74) is 3.68. The van der Waals surface area contributed by atoms with E-state index in [1.54, 1.807) is 23.7 Å². The van der Waals surface area contributed by atoms with Crippen LogP contribution < -0.4 is 10.1 Å². The number of hydrogen-bond acceptors (Lipinski definition) is 5. The summed E-state index contributed by atoms with van der Waals surface area (Å²) in [6.07, 6.45) is 0.890. The van der Waals surface area contributed by atoms with Crippen LogP contribution >= 0.6 is 0 Å². The van der Waals surface area contributed by atoms with Gasteiger partial charge in [0.25, 0.3) is 5.91 Å². The molecule has 0 fully saturated rings. The van der Waals surface area contributed by atoms with Crippen molar-refractivity contribution in [2.45, 2.75) is 39.7 Å². The van der Waals surface area contributed by atoms with Crippen molar-refractivity contribution < 1.29 is 9.53 Å². The van der Waals surface area contributed by atoms with Crippen molar-refractivity contribution >= 4 is 11.6 Å². The molecule has 3 rings (SSSR count). The van der Waals surface area contributed by atoms with Gasteiger partial charge in [-0.3, -0.25) is 4.79 Å². The summed E-state index contributed by atoms with van der Waals surface area (Å²) < 4.78 is 7.51. The average molecular weight is 365 g/mol. The zero-order valence-corrected chi connectivity index (χ0v) is 15.9. The van der Waals surface area contributed by atoms with Gasteiger partial charge in [-0.05, 0) is 71.7 Å². The lowest BCUT2D eigenvalue weighted by Crippen LogP contribution is -2.30. The maximum atomic E-state index is 12.5. The number of carbonyl (C=O) groups is 1. The maximum Gasteiger partial charge on any atom is 0.265 e. The van der Waals surface area contributed by atoms with Gasteiger partial charge in [-0.25, -0.2) is 4.68 Å². The van der Waals surface area contributed by atoms with Crippen LogP contribution in [0.15, 0.2) is 48.8 Å². The number of carbonyl (C=O) groups excluding carboxylic acids is 1. The van der Waals surface area contributed by atoms with Crippen LogP contribution in [0, 0.1) is 6.92 Å². The van der Waals surface area contributed by atoms with E-state index in [0.29, 0.717) is 11.6 Å². The third-order valence-electron chi connectivity index (χ3n) is 4.21. The van der Waals surface area contributed by atoms with Crippen molar-refractivity contribution in [1.29, 1.82) is 0 Å². The molecular formula is C20H23N5O2. The lowest BCUT2D eigenvalue weighted by Gasteiger charge is -2.19. The van der Waals surface area contributed by atoms with Gasteiger partial charge >= 0.3 is 0 Å². The number of aromatic nitrogens is 4. The van der Waals surface area contributed by atoms with Crippen LogP contribution in [-0.4, -0.2) is 32.2 Å². The normalized spacial score (nSPS) is 12.0. The predicted octanol–water partition coefficient (Wildman–Crippen LogP) is 3.50. The molecule has 1 heterocycles. The van der Waals surface area contributed by atoms with Gasteiger partial charge < -0.3 is 10.1 Å². The number of aryl methyl sites for hydroxylation is 1. The molecule has 140 valence electrons. The summed E-state index contributed by atoms with van der Waals surface area (Å²) in [6, 6.07) is 13.3. The highest BCUT2D eigenvalue weighted by molar-refractivity contribution is 5.94. The number of nitrogens with one attached hydrogen (secondary N) is 1. The molecule has 2 aromatic carbocycles. The van der Waals surface area contributed by atoms with Crippen molar-refractivity contribution in [2.24, 2.45) is 0 Å². The van der Waals surface area contributed by atoms with Crippen molar-refractivity contribution in [3.8, 4) is 11.4 Å². The first-order valence-electron chi connectivity index (χ1n) is 8.85. The second-order valence-corrected chi connectivity index (χ2v) is 6.75. The zero-order chi connectivity index (χ0) is 19.4. The van der Waals surface area contributed by atoms with Gasteiger partial charge in [0.2, 0.25) is 0 Å². The third kappa shape index (κ3) is 4.49. The van der Waals surface area contributed by atoms with Crippen LogP contribution in [0.25, 0.3) is 5.69 Å². The van der Waals surface area contributed by atoms with E-state index in [9.17, 15) is 4.79 Å². The van der Waals surface area contributed by atoms with E-state index in [1.165, 1.54) is 6.33 Å². The number of benzene rings is 2. The molecule has 1 atom stereocenters. The Hall–Kier alpha value is -3.22. The molecule has 1 amide bonds. The molecular weight excluding hydrogens is 342 g/mol. The average Bonchev–Trinajstić information content (AvgIpc) is 3.16. The number of rotatable bonds is 6. The second-order valence-electron chi connectivity index (χ2n) is 6.75. The number of anilines is 1. The Kier molecular flexibility index (Phi) is 5.49. The Labute approximate surface area is 158 Å². The van der Waals surface area contributed by atoms with Crippen LogP contribution in [0.2, 0.25) is 0 Å². The molecule has 0 bridgehead atoms. The Balaban J connectivity index is 1.67. The van der Waals surface area contributed by atoms with Crippen molar-refractivity contribution in [1.82, 2.24) is 20.2 Å². The first-order valence-corrected chi connectivity index (χ1v) is 8.85. The minimum atomic E-state index is -0.622. The summed E-state index contributed by atoms with van der Waals surface area (Å²) in [7, 11) is 0. The van der Waals surface area contributed by atoms with Crippen LogP contribution in [0.3, 0.4) is 0 Å². The van der Waals surface area contributed by atoms with Gasteiger partial charge in [-0.2, -0.15) is 0 Å². The van der Waals surface area contributed by atoms with Gasteiger partial charge in [0, 0.05) is 5.69 Å². The van der Waals surface area contributed by atoms with E-state index in [-0.39, 0.29) is 5.91 Å². The maximum absolute atomic E-state index is 12.5. The molecule has 27 heavy (non-hydrogen) atoms. The molecule has 3 aromatic rings. The standard InChI is InChI=1S/C20H23N5O2/c1-13(2)18-10-5-14(3)11-19(18)27-15(4)20(26)22-16-6-8-17(9-7-16)25-12-21-23-24-25/h5-13,15H,1-4H3,(H,22,26)/t15-/m0/s1. The van der Waals surface area contributed by atoms with Gasteiger partial charge in [0.05, 0.1) is 5.69 Å². The highest BCUT2D eigenvalue weighted by Crippen LogP contribution is 2.28. The first kappa shape index (κ1) is 18.6. The van der Waals surface area contributed by atoms with Gasteiger partial charge in [0.1, 0.15) is 12.1 Å². The molecule has 0 aliphatic carbocycles. The lowest BCUT2D eigenvalue weighted by atomic mass is 10.0. The lowest BCUT2D eigenvalue weighted by molar-refractivity contribution is -0.122. The molecule has 0 saturated heterocycles. The largest absolute Gasteiger partial charge is 0.481 e. The van der Waals surface area contributed by atoms with Gasteiger partial charge in [0.15, 0.2) is 6.10 Å². The summed E-state index contributed by atoms with van der Waals surface area (Å²) in [5.74, 6) is 0.859. The third-order valence-corrected chi connectivity index (χ3v) is 4.21. The minimum absolute atomic E-state index is 0.207. The SMILES string of the molecule is Cc1ccc(C(C)C)c(O[C@@H](C)C(=O)Nc2ccc(-n3cnnn3)cc2)c1. The highest BCUT2D eigenvalue weighted by atomic mass is 16.5. The molecule has 0 aliphatic rings. The van der Waals surface area contributed by atoms with Crippen molar-refractivity contribution in [3.05, 3.63) is 59.9 Å². The number of tetrazole rings is 1. The topological polar surface area (TPSA) is 81.9 Å². The molecule has 0 unspecified atom stereocenters. The van der Waals surface area contributed by atoms with E-state index in [1.807, 2.05) is 25.1 Å². The van der Waals surface area contributed by atoms with Gasteiger partial charge in [-0.1, -0.05) is 26.0 Å². The first-order chi connectivity index (χ1) is 12.9. The highest BCUT2D eigenvalue weighted by Gasteiger charge is 2.18. The minimum Gasteiger partial charge on any atom is -0.481 e. The fraction of sp³-hybridized carbons (Fsp3) is 0.300. The van der Waals surface area contributed by atoms with E-state index in [0.717, 1.165) is 22.6 Å². The van der Waals surface area contributed by atoms with Gasteiger partial charge in [-0.15, -0.1) is 5.10 Å². The summed E-state index contributed by atoms with van der Waals surface area (Å²) in [6.45, 7) is 7.97. The Morgan fingerprint density at radius 2 is 1.85 bits per heavy atom. The Morgan fingerprint density at radius 1 is 1.11 bits per heavy atom. The molecule has 0 aliphatic heterocycles. The van der Waals surface area contributed by atoms with Crippen LogP contribution in [0.4, 0.5) is 5.69 Å². The summed E-state index contributed by atoms with van der Waals surface area (Å²) in [5, 5.41) is 13.9. The molecule has 7 heteroatoms. The molecule has 0 radical (unpaired) electrons. The van der Waals surface area contributed by atoms with E-state index in [2.05, 4.69) is 46.8 Å². The molecule has 1 N–H and O–H groups in total. The number of nitrogens with zero attached hydrogens (tertiary/aromatic N) is 4. The van der Waals surface area contributed by atoms with E-state index < -0.39 is 6.10 Å². The quantitative estimate of drug-likeness (QED) is 0.723. The van der Waals surface area contributed by atoms with E-state index in [4.69, 9.17) is 4.74 Å². The fourth-order valence-electron chi connectivity index (χ4n) is 2.69. The van der Waals surface area contributed by atoms with E-state index >= 15 is 0 Å². The zero-order valence-electron chi connectivity index (χ0n) is 15.9. The summed E-state index contributed by atoms with van der Waals surface area (Å²) in [4.78, 5) is 12.5. The molecule has 7 nitrogen and oxygen atoms in total.